The van der Waals surface area contributed by atoms with Crippen molar-refractivity contribution in [1.82, 2.24) is 0 Å². The molecule has 0 aromatic carbocycles. The molecule has 0 heterocycles. The van der Waals surface area contributed by atoms with Gasteiger partial charge in [-0.1, -0.05) is 26.2 Å². The van der Waals surface area contributed by atoms with Crippen LogP contribution in [0.25, 0.3) is 0 Å². The Kier molecular flexibility index (Phi) is 11.7. The van der Waals surface area contributed by atoms with E-state index in [0.29, 0.717) is 6.42 Å². The summed E-state index contributed by atoms with van der Waals surface area (Å²) in [5.41, 5.74) is 0. The van der Waals surface area contributed by atoms with Crippen molar-refractivity contribution in [2.75, 3.05) is 0 Å². The van der Waals surface area contributed by atoms with Crippen LogP contribution in [0, 0.1) is 0 Å². The van der Waals surface area contributed by atoms with Crippen molar-refractivity contribution in [3.8, 4) is 0 Å². The molecule has 1 N–H and O–H groups in total. The van der Waals surface area contributed by atoms with Gasteiger partial charge in [-0.25, -0.2) is 0 Å². The molecule has 0 amide bonds. The van der Waals surface area contributed by atoms with Crippen LogP contribution < -0.4 is 0 Å². The third-order valence-corrected chi connectivity index (χ3v) is 1.24. The average Bonchev–Trinajstić information content (AvgIpc) is 1.80. The summed E-state index contributed by atoms with van der Waals surface area (Å²) in [7, 11) is 0. The Morgan fingerprint density at radius 3 is 2.30 bits per heavy atom. The Balaban J connectivity index is 0. The fourth-order valence-corrected chi connectivity index (χ4v) is 0.703. The van der Waals surface area contributed by atoms with Gasteiger partial charge in [-0.05, 0) is 6.42 Å². The largest absolute Gasteiger partial charge is 0.481 e. The molecule has 0 atom stereocenters. The first-order chi connectivity index (χ1) is 4.27. The van der Waals surface area contributed by atoms with Gasteiger partial charge in [-0.2, -0.15) is 0 Å². The summed E-state index contributed by atoms with van der Waals surface area (Å²) in [6.07, 6.45) is 4.55. The molecular weight excluding hydrogens is 212 g/mol. The molecule has 0 bridgehead atoms. The molecule has 10 heavy (non-hydrogen) atoms. The van der Waals surface area contributed by atoms with E-state index in [-0.39, 0.29) is 21.1 Å². The van der Waals surface area contributed by atoms with Crippen LogP contribution in [-0.2, 0) is 25.9 Å². The van der Waals surface area contributed by atoms with Crippen molar-refractivity contribution < 1.29 is 31.0 Å². The van der Waals surface area contributed by atoms with Crippen LogP contribution in [0.1, 0.15) is 39.0 Å². The van der Waals surface area contributed by atoms with E-state index in [4.69, 9.17) is 5.11 Å². The molecular formula is C7H14MoO2. The summed E-state index contributed by atoms with van der Waals surface area (Å²) in [6.45, 7) is 2.11. The molecule has 0 spiro atoms. The molecule has 0 aliphatic heterocycles. The number of aliphatic carboxylic acids is 1. The zero-order chi connectivity index (χ0) is 7.11. The second-order valence-corrected chi connectivity index (χ2v) is 2.20. The maximum absolute atomic E-state index is 9.96. The van der Waals surface area contributed by atoms with Gasteiger partial charge < -0.3 is 5.11 Å². The number of carboxylic acid groups (broad SMARTS) is 1. The van der Waals surface area contributed by atoms with Crippen LogP contribution in [0.5, 0.6) is 0 Å². The third-order valence-electron chi connectivity index (χ3n) is 1.24. The zero-order valence-corrected chi connectivity index (χ0v) is 8.31. The first-order valence-corrected chi connectivity index (χ1v) is 3.49. The predicted molar refractivity (Wildman–Crippen MR) is 36.4 cm³/mol. The first kappa shape index (κ1) is 12.8. The van der Waals surface area contributed by atoms with Crippen LogP contribution in [0.15, 0.2) is 0 Å². The van der Waals surface area contributed by atoms with E-state index in [1.54, 1.807) is 0 Å². The van der Waals surface area contributed by atoms with Gasteiger partial charge in [0.1, 0.15) is 0 Å². The van der Waals surface area contributed by atoms with Crippen LogP contribution in [0.4, 0.5) is 0 Å². The molecule has 0 aromatic heterocycles. The average molecular weight is 226 g/mol. The smallest absolute Gasteiger partial charge is 0.303 e. The van der Waals surface area contributed by atoms with E-state index in [1.807, 2.05) is 0 Å². The molecule has 0 radical (unpaired) electrons. The normalized spacial score (nSPS) is 8.50. The molecule has 60 valence electrons. The maximum atomic E-state index is 9.96. The standard InChI is InChI=1S/C7H14O2.Mo/c1-2-3-4-5-6-7(8)9;/h2-6H2,1H3,(H,8,9);. The van der Waals surface area contributed by atoms with E-state index in [9.17, 15) is 4.79 Å². The quantitative estimate of drug-likeness (QED) is 0.575. The van der Waals surface area contributed by atoms with Gasteiger partial charge >= 0.3 is 5.97 Å². The Morgan fingerprint density at radius 1 is 1.30 bits per heavy atom. The zero-order valence-electron chi connectivity index (χ0n) is 6.30. The van der Waals surface area contributed by atoms with Crippen LogP contribution in [-0.4, -0.2) is 11.1 Å². The number of hydrogen-bond donors (Lipinski definition) is 1. The third kappa shape index (κ3) is 11.0. The van der Waals surface area contributed by atoms with E-state index >= 15 is 0 Å². The monoisotopic (exact) mass is 228 g/mol. The van der Waals surface area contributed by atoms with Gasteiger partial charge in [0, 0.05) is 27.5 Å². The Hall–Kier alpha value is 0.158. The minimum atomic E-state index is -0.675. The summed E-state index contributed by atoms with van der Waals surface area (Å²) < 4.78 is 0. The fourth-order valence-electron chi connectivity index (χ4n) is 0.703. The van der Waals surface area contributed by atoms with Crippen molar-refractivity contribution >= 4 is 5.97 Å². The summed E-state index contributed by atoms with van der Waals surface area (Å²) in [6, 6.07) is 0. The summed E-state index contributed by atoms with van der Waals surface area (Å²) in [5, 5.41) is 8.21. The number of hydrogen-bond acceptors (Lipinski definition) is 1. The molecule has 0 saturated carbocycles. The second-order valence-electron chi connectivity index (χ2n) is 2.20. The van der Waals surface area contributed by atoms with Crippen molar-refractivity contribution in [3.63, 3.8) is 0 Å². The van der Waals surface area contributed by atoms with Gasteiger partial charge in [-0.3, -0.25) is 4.79 Å². The minimum Gasteiger partial charge on any atom is -0.481 e. The molecule has 0 saturated heterocycles. The first-order valence-electron chi connectivity index (χ1n) is 3.49. The van der Waals surface area contributed by atoms with Gasteiger partial charge in [0.05, 0.1) is 0 Å². The number of rotatable bonds is 5. The Bertz CT molecular complexity index is 83.7. The molecule has 0 fully saturated rings. The topological polar surface area (TPSA) is 37.3 Å². The van der Waals surface area contributed by atoms with E-state index in [2.05, 4.69) is 6.92 Å². The van der Waals surface area contributed by atoms with E-state index in [0.717, 1.165) is 19.3 Å². The predicted octanol–water partition coefficient (Wildman–Crippen LogP) is 2.04. The fraction of sp³-hybridized carbons (Fsp3) is 0.857. The summed E-state index contributed by atoms with van der Waals surface area (Å²) in [4.78, 5) is 9.96. The summed E-state index contributed by atoms with van der Waals surface area (Å²) in [5.74, 6) is -0.675. The number of unbranched alkanes of at least 4 members (excludes halogenated alkanes) is 3. The molecule has 0 aromatic rings. The van der Waals surface area contributed by atoms with E-state index < -0.39 is 5.97 Å². The van der Waals surface area contributed by atoms with Gasteiger partial charge in [0.25, 0.3) is 0 Å². The molecule has 0 aliphatic rings. The van der Waals surface area contributed by atoms with Crippen LogP contribution in [0.2, 0.25) is 0 Å². The molecule has 3 heteroatoms. The molecule has 0 unspecified atom stereocenters. The van der Waals surface area contributed by atoms with Gasteiger partial charge in [0.15, 0.2) is 0 Å². The van der Waals surface area contributed by atoms with Crippen LogP contribution >= 0.6 is 0 Å². The van der Waals surface area contributed by atoms with Crippen LogP contribution in [0.3, 0.4) is 0 Å². The minimum absolute atomic E-state index is 0. The second kappa shape index (κ2) is 9.16. The molecule has 0 aliphatic carbocycles. The van der Waals surface area contributed by atoms with Crippen molar-refractivity contribution in [2.45, 2.75) is 39.0 Å². The molecule has 0 rings (SSSR count). The number of carboxylic acids is 1. The Morgan fingerprint density at radius 2 is 1.90 bits per heavy atom. The van der Waals surface area contributed by atoms with Gasteiger partial charge in [0.2, 0.25) is 0 Å². The van der Waals surface area contributed by atoms with Crippen molar-refractivity contribution in [2.24, 2.45) is 0 Å². The van der Waals surface area contributed by atoms with Crippen molar-refractivity contribution in [1.29, 1.82) is 0 Å². The SMILES string of the molecule is CCCCCCC(=O)O.[Mo]. The maximum Gasteiger partial charge on any atom is 0.303 e. The summed E-state index contributed by atoms with van der Waals surface area (Å²) >= 11 is 0. The number of carbonyl (C=O) groups is 1. The van der Waals surface area contributed by atoms with Crippen molar-refractivity contribution in [3.05, 3.63) is 0 Å². The van der Waals surface area contributed by atoms with Gasteiger partial charge in [-0.15, -0.1) is 0 Å². The molecule has 2 nitrogen and oxygen atoms in total. The van der Waals surface area contributed by atoms with E-state index in [1.165, 1.54) is 6.42 Å². The Labute approximate surface area is 76.3 Å².